The predicted molar refractivity (Wildman–Crippen MR) is 139 cm³/mol. The minimum Gasteiger partial charge on any atom is -0.378 e. The highest BCUT2D eigenvalue weighted by molar-refractivity contribution is 6.06. The van der Waals surface area contributed by atoms with Gasteiger partial charge < -0.3 is 15.0 Å². The molecule has 34 heavy (non-hydrogen) atoms. The lowest BCUT2D eigenvalue weighted by Crippen LogP contribution is -2.36. The van der Waals surface area contributed by atoms with E-state index >= 15 is 0 Å². The van der Waals surface area contributed by atoms with E-state index in [0.29, 0.717) is 18.8 Å². The summed E-state index contributed by atoms with van der Waals surface area (Å²) >= 11 is 0. The normalized spacial score (nSPS) is 13.8. The fraction of sp³-hybridized carbons (Fsp3) is 0.241. The Kier molecular flexibility index (Phi) is 6.03. The minimum atomic E-state index is -0.111. The lowest BCUT2D eigenvalue weighted by Gasteiger charge is -2.30. The lowest BCUT2D eigenvalue weighted by molar-refractivity contribution is 0.102. The number of aryl methyl sites for hydroxylation is 3. The molecular formula is C29H29N3O2. The molecule has 0 aliphatic carbocycles. The highest BCUT2D eigenvalue weighted by Crippen LogP contribution is 2.33. The van der Waals surface area contributed by atoms with Crippen molar-refractivity contribution in [2.75, 3.05) is 36.5 Å². The first kappa shape index (κ1) is 22.1. The van der Waals surface area contributed by atoms with Gasteiger partial charge in [0.15, 0.2) is 0 Å². The predicted octanol–water partition coefficient (Wildman–Crippen LogP) is 5.92. The van der Waals surface area contributed by atoms with Crippen molar-refractivity contribution >= 4 is 28.2 Å². The third kappa shape index (κ3) is 4.52. The number of pyridine rings is 1. The van der Waals surface area contributed by atoms with E-state index < -0.39 is 0 Å². The Hall–Kier alpha value is -3.70. The van der Waals surface area contributed by atoms with Crippen LogP contribution in [0.2, 0.25) is 0 Å². The van der Waals surface area contributed by atoms with Gasteiger partial charge in [-0.25, -0.2) is 4.98 Å². The van der Waals surface area contributed by atoms with Gasteiger partial charge in [-0.1, -0.05) is 35.9 Å². The molecule has 1 N–H and O–H groups in total. The molecule has 2 heterocycles. The Bertz CT molecular complexity index is 1360. The van der Waals surface area contributed by atoms with Crippen LogP contribution < -0.4 is 10.2 Å². The molecule has 5 rings (SSSR count). The number of carbonyl (C=O) groups is 1. The number of ether oxygens (including phenoxy) is 1. The molecule has 5 nitrogen and oxygen atoms in total. The van der Waals surface area contributed by atoms with Crippen molar-refractivity contribution in [2.24, 2.45) is 0 Å². The summed E-state index contributed by atoms with van der Waals surface area (Å²) in [4.78, 5) is 20.2. The number of morpholine rings is 1. The molecule has 5 heteroatoms. The van der Waals surface area contributed by atoms with Crippen molar-refractivity contribution in [1.82, 2.24) is 4.98 Å². The lowest BCUT2D eigenvalue weighted by atomic mass is 10.0. The van der Waals surface area contributed by atoms with Gasteiger partial charge in [-0.05, 0) is 68.3 Å². The van der Waals surface area contributed by atoms with Crippen molar-refractivity contribution in [2.45, 2.75) is 20.8 Å². The van der Waals surface area contributed by atoms with Crippen molar-refractivity contribution in [1.29, 1.82) is 0 Å². The van der Waals surface area contributed by atoms with Crippen LogP contribution in [0.1, 0.15) is 27.0 Å². The van der Waals surface area contributed by atoms with Crippen LogP contribution in [0.3, 0.4) is 0 Å². The highest BCUT2D eigenvalue weighted by Gasteiger charge is 2.17. The number of aromatic nitrogens is 1. The van der Waals surface area contributed by atoms with Gasteiger partial charge in [0.05, 0.1) is 24.4 Å². The number of fused-ring (bicyclic) bond motifs is 1. The first-order valence-electron chi connectivity index (χ1n) is 11.7. The molecule has 1 fully saturated rings. The zero-order valence-corrected chi connectivity index (χ0v) is 19.9. The summed E-state index contributed by atoms with van der Waals surface area (Å²) < 4.78 is 5.59. The van der Waals surface area contributed by atoms with Crippen molar-refractivity contribution < 1.29 is 9.53 Å². The van der Waals surface area contributed by atoms with Crippen LogP contribution in [0.25, 0.3) is 22.2 Å². The van der Waals surface area contributed by atoms with Crippen LogP contribution in [0.15, 0.2) is 66.7 Å². The topological polar surface area (TPSA) is 54.5 Å². The van der Waals surface area contributed by atoms with Gasteiger partial charge in [0, 0.05) is 41.0 Å². The Balaban J connectivity index is 1.54. The molecule has 1 aromatic heterocycles. The number of hydrogen-bond acceptors (Lipinski definition) is 4. The molecule has 1 saturated heterocycles. The van der Waals surface area contributed by atoms with Gasteiger partial charge in [-0.3, -0.25) is 4.79 Å². The maximum absolute atomic E-state index is 12.9. The number of amides is 1. The average Bonchev–Trinajstić information content (AvgIpc) is 2.86. The molecule has 4 aromatic rings. The SMILES string of the molecule is Cc1ccc(-c2cc(N3CCOCC3)c3cc(NC(=O)c4ccc(C)c(C)c4)ccc3n2)cc1. The summed E-state index contributed by atoms with van der Waals surface area (Å²) in [6, 6.07) is 22.4. The number of carbonyl (C=O) groups excluding carboxylic acids is 1. The van der Waals surface area contributed by atoms with Gasteiger partial charge in [0.2, 0.25) is 0 Å². The van der Waals surface area contributed by atoms with Gasteiger partial charge >= 0.3 is 0 Å². The number of nitrogens with zero attached hydrogens (tertiary/aromatic N) is 2. The van der Waals surface area contributed by atoms with E-state index in [9.17, 15) is 4.79 Å². The highest BCUT2D eigenvalue weighted by atomic mass is 16.5. The number of anilines is 2. The Morgan fingerprint density at radius 1 is 0.882 bits per heavy atom. The fourth-order valence-electron chi connectivity index (χ4n) is 4.31. The Labute approximate surface area is 200 Å². The molecule has 0 unspecified atom stereocenters. The first-order valence-corrected chi connectivity index (χ1v) is 11.7. The summed E-state index contributed by atoms with van der Waals surface area (Å²) in [6.45, 7) is 9.21. The fourth-order valence-corrected chi connectivity index (χ4v) is 4.31. The number of nitrogens with one attached hydrogen (secondary N) is 1. The molecule has 172 valence electrons. The molecular weight excluding hydrogens is 422 g/mol. The molecule has 0 bridgehead atoms. The zero-order chi connectivity index (χ0) is 23.7. The number of hydrogen-bond donors (Lipinski definition) is 1. The maximum atomic E-state index is 12.9. The molecule has 1 amide bonds. The zero-order valence-electron chi connectivity index (χ0n) is 19.9. The standard InChI is InChI=1S/C29H29N3O2/c1-19-4-7-22(8-5-19)27-18-28(32-12-14-34-15-13-32)25-17-24(10-11-26(25)31-27)30-29(33)23-9-6-20(2)21(3)16-23/h4-11,16-18H,12-15H2,1-3H3,(H,30,33). The monoisotopic (exact) mass is 451 g/mol. The largest absolute Gasteiger partial charge is 0.378 e. The van der Waals surface area contributed by atoms with E-state index in [1.54, 1.807) is 0 Å². The Morgan fingerprint density at radius 3 is 2.38 bits per heavy atom. The van der Waals surface area contributed by atoms with Crippen molar-refractivity contribution in [3.63, 3.8) is 0 Å². The van der Waals surface area contributed by atoms with Crippen molar-refractivity contribution in [3.8, 4) is 11.3 Å². The van der Waals surface area contributed by atoms with Gasteiger partial charge in [0.25, 0.3) is 5.91 Å². The molecule has 0 radical (unpaired) electrons. The van der Waals surface area contributed by atoms with Crippen LogP contribution in [-0.4, -0.2) is 37.2 Å². The summed E-state index contributed by atoms with van der Waals surface area (Å²) in [5.74, 6) is -0.111. The van der Waals surface area contributed by atoms with Crippen LogP contribution in [-0.2, 0) is 4.74 Å². The van der Waals surface area contributed by atoms with Crippen LogP contribution in [0.4, 0.5) is 11.4 Å². The van der Waals surface area contributed by atoms with E-state index in [-0.39, 0.29) is 5.91 Å². The smallest absolute Gasteiger partial charge is 0.255 e. The average molecular weight is 452 g/mol. The second kappa shape index (κ2) is 9.27. The second-order valence-corrected chi connectivity index (χ2v) is 8.98. The van der Waals surface area contributed by atoms with Crippen LogP contribution in [0.5, 0.6) is 0 Å². The Morgan fingerprint density at radius 2 is 1.65 bits per heavy atom. The third-order valence-corrected chi connectivity index (χ3v) is 6.51. The van der Waals surface area contributed by atoms with E-state index in [1.807, 2.05) is 50.2 Å². The van der Waals surface area contributed by atoms with E-state index in [0.717, 1.165) is 52.2 Å². The second-order valence-electron chi connectivity index (χ2n) is 8.98. The molecule has 1 aliphatic heterocycles. The maximum Gasteiger partial charge on any atom is 0.255 e. The van der Waals surface area contributed by atoms with Gasteiger partial charge in [-0.15, -0.1) is 0 Å². The molecule has 3 aromatic carbocycles. The molecule has 0 spiro atoms. The minimum absolute atomic E-state index is 0.111. The van der Waals surface area contributed by atoms with E-state index in [1.165, 1.54) is 11.1 Å². The summed E-state index contributed by atoms with van der Waals surface area (Å²) in [6.07, 6.45) is 0. The van der Waals surface area contributed by atoms with Crippen LogP contribution >= 0.6 is 0 Å². The van der Waals surface area contributed by atoms with Crippen molar-refractivity contribution in [3.05, 3.63) is 89.0 Å². The molecule has 0 saturated carbocycles. The molecule has 0 atom stereocenters. The summed E-state index contributed by atoms with van der Waals surface area (Å²) in [5.41, 5.74) is 8.98. The summed E-state index contributed by atoms with van der Waals surface area (Å²) in [7, 11) is 0. The van der Waals surface area contributed by atoms with E-state index in [2.05, 4.69) is 47.5 Å². The van der Waals surface area contributed by atoms with Gasteiger partial charge in [0.1, 0.15) is 0 Å². The number of rotatable bonds is 4. The summed E-state index contributed by atoms with van der Waals surface area (Å²) in [5, 5.41) is 4.09. The van der Waals surface area contributed by atoms with E-state index in [4.69, 9.17) is 9.72 Å². The molecule has 1 aliphatic rings. The van der Waals surface area contributed by atoms with Gasteiger partial charge in [-0.2, -0.15) is 0 Å². The first-order chi connectivity index (χ1) is 16.5. The number of benzene rings is 3. The quantitative estimate of drug-likeness (QED) is 0.419. The van der Waals surface area contributed by atoms with Crippen LogP contribution in [0, 0.1) is 20.8 Å². The third-order valence-electron chi connectivity index (χ3n) is 6.51.